The minimum atomic E-state index is -0.478. The average Bonchev–Trinajstić information content (AvgIpc) is 1.98. The molecule has 1 heterocycles. The van der Waals surface area contributed by atoms with Crippen LogP contribution in [0.25, 0.3) is 0 Å². The molecule has 5 nitrogen and oxygen atoms in total. The molecular weight excluding hydrogens is 196 g/mol. The van der Waals surface area contributed by atoms with E-state index < -0.39 is 5.60 Å². The minimum absolute atomic E-state index is 0.0394. The van der Waals surface area contributed by atoms with Crippen LogP contribution in [0.2, 0.25) is 0 Å². The molecule has 0 aliphatic carbocycles. The molecular formula is C10H18N2O3. The summed E-state index contributed by atoms with van der Waals surface area (Å²) in [4.78, 5) is 23.6. The maximum absolute atomic E-state index is 11.5. The van der Waals surface area contributed by atoms with Gasteiger partial charge in [-0.2, -0.15) is 0 Å². The fourth-order valence-corrected chi connectivity index (χ4v) is 1.29. The molecule has 1 N–H and O–H groups in total. The molecule has 0 saturated carbocycles. The van der Waals surface area contributed by atoms with Crippen molar-refractivity contribution in [1.82, 2.24) is 10.2 Å². The second-order valence-electron chi connectivity index (χ2n) is 4.83. The van der Waals surface area contributed by atoms with Gasteiger partial charge in [0.2, 0.25) is 5.91 Å². The number of rotatable bonds is 2. The van der Waals surface area contributed by atoms with E-state index in [-0.39, 0.29) is 18.0 Å². The predicted octanol–water partition coefficient (Wildman–Crippen LogP) is 0.742. The van der Waals surface area contributed by atoms with Crippen LogP contribution in [0, 0.1) is 0 Å². The highest BCUT2D eigenvalue weighted by Crippen LogP contribution is 2.11. The van der Waals surface area contributed by atoms with Gasteiger partial charge in [0.25, 0.3) is 0 Å². The minimum Gasteiger partial charge on any atom is -0.444 e. The fraction of sp³-hybridized carbons (Fsp3) is 0.800. The van der Waals surface area contributed by atoms with Gasteiger partial charge in [-0.3, -0.25) is 4.79 Å². The van der Waals surface area contributed by atoms with Gasteiger partial charge in [0.15, 0.2) is 0 Å². The van der Waals surface area contributed by atoms with Crippen LogP contribution in [-0.2, 0) is 9.53 Å². The SMILES string of the molecule is CN(CC1CC(=O)N1)C(=O)OC(C)(C)C. The van der Waals surface area contributed by atoms with Crippen LogP contribution in [0.4, 0.5) is 4.79 Å². The highest BCUT2D eigenvalue weighted by Gasteiger charge is 2.29. The van der Waals surface area contributed by atoms with Gasteiger partial charge >= 0.3 is 6.09 Å². The lowest BCUT2D eigenvalue weighted by Gasteiger charge is -2.32. The molecule has 0 bridgehead atoms. The Balaban J connectivity index is 2.30. The number of likely N-dealkylation sites (N-methyl/N-ethyl adjacent to an activating group) is 1. The summed E-state index contributed by atoms with van der Waals surface area (Å²) >= 11 is 0. The van der Waals surface area contributed by atoms with Crippen molar-refractivity contribution in [2.75, 3.05) is 13.6 Å². The van der Waals surface area contributed by atoms with Gasteiger partial charge in [0.1, 0.15) is 5.60 Å². The Morgan fingerprint density at radius 3 is 2.53 bits per heavy atom. The van der Waals surface area contributed by atoms with Crippen molar-refractivity contribution in [2.45, 2.75) is 38.8 Å². The molecule has 1 saturated heterocycles. The highest BCUT2D eigenvalue weighted by atomic mass is 16.6. The van der Waals surface area contributed by atoms with Crippen molar-refractivity contribution in [3.8, 4) is 0 Å². The second-order valence-corrected chi connectivity index (χ2v) is 4.83. The second kappa shape index (κ2) is 4.08. The number of carbonyl (C=O) groups is 2. The smallest absolute Gasteiger partial charge is 0.410 e. The molecule has 5 heteroatoms. The number of hydrogen-bond donors (Lipinski definition) is 1. The van der Waals surface area contributed by atoms with Gasteiger partial charge in [0.05, 0.1) is 6.04 Å². The Bertz CT molecular complexity index is 262. The van der Waals surface area contributed by atoms with Crippen LogP contribution in [0.5, 0.6) is 0 Å². The van der Waals surface area contributed by atoms with E-state index in [9.17, 15) is 9.59 Å². The number of nitrogens with zero attached hydrogens (tertiary/aromatic N) is 1. The first kappa shape index (κ1) is 11.8. The molecule has 1 unspecified atom stereocenters. The predicted molar refractivity (Wildman–Crippen MR) is 55.4 cm³/mol. The Labute approximate surface area is 89.8 Å². The van der Waals surface area contributed by atoms with Crippen LogP contribution < -0.4 is 5.32 Å². The summed E-state index contributed by atoms with van der Waals surface area (Å²) in [6.45, 7) is 5.97. The molecule has 1 rings (SSSR count). The van der Waals surface area contributed by atoms with Crippen molar-refractivity contribution < 1.29 is 14.3 Å². The first-order chi connectivity index (χ1) is 6.78. The molecule has 1 aliphatic heterocycles. The summed E-state index contributed by atoms with van der Waals surface area (Å²) in [5.41, 5.74) is -0.478. The quantitative estimate of drug-likeness (QED) is 0.690. The number of β-lactam (4-membered cyclic amide) rings is 1. The van der Waals surface area contributed by atoms with Crippen molar-refractivity contribution in [3.05, 3.63) is 0 Å². The molecule has 0 aromatic rings. The summed E-state index contributed by atoms with van der Waals surface area (Å²) in [5, 5.41) is 2.70. The lowest BCUT2D eigenvalue weighted by molar-refractivity contribution is -0.128. The van der Waals surface area contributed by atoms with Crippen LogP contribution in [0.15, 0.2) is 0 Å². The number of nitrogens with one attached hydrogen (secondary N) is 1. The van der Waals surface area contributed by atoms with Gasteiger partial charge in [-0.05, 0) is 20.8 Å². The average molecular weight is 214 g/mol. The zero-order chi connectivity index (χ0) is 11.6. The number of amides is 2. The van der Waals surface area contributed by atoms with E-state index in [0.717, 1.165) is 0 Å². The van der Waals surface area contributed by atoms with Gasteiger partial charge in [-0.15, -0.1) is 0 Å². The van der Waals surface area contributed by atoms with Gasteiger partial charge < -0.3 is 15.0 Å². The maximum Gasteiger partial charge on any atom is 0.410 e. The topological polar surface area (TPSA) is 58.6 Å². The molecule has 2 amide bonds. The Morgan fingerprint density at radius 2 is 2.13 bits per heavy atom. The summed E-state index contributed by atoms with van der Waals surface area (Å²) in [7, 11) is 1.67. The van der Waals surface area contributed by atoms with Gasteiger partial charge in [0, 0.05) is 20.0 Å². The molecule has 0 radical (unpaired) electrons. The Hall–Kier alpha value is -1.26. The highest BCUT2D eigenvalue weighted by molar-refractivity contribution is 5.83. The monoisotopic (exact) mass is 214 g/mol. The van der Waals surface area contributed by atoms with E-state index in [2.05, 4.69) is 5.32 Å². The van der Waals surface area contributed by atoms with Crippen LogP contribution in [0.3, 0.4) is 0 Å². The number of ether oxygens (including phenoxy) is 1. The largest absolute Gasteiger partial charge is 0.444 e. The molecule has 15 heavy (non-hydrogen) atoms. The van der Waals surface area contributed by atoms with Crippen LogP contribution in [0.1, 0.15) is 27.2 Å². The summed E-state index contributed by atoms with van der Waals surface area (Å²) in [6.07, 6.45) is 0.135. The third-order valence-electron chi connectivity index (χ3n) is 2.00. The first-order valence-electron chi connectivity index (χ1n) is 5.01. The Morgan fingerprint density at radius 1 is 1.60 bits per heavy atom. The third kappa shape index (κ3) is 3.77. The maximum atomic E-state index is 11.5. The zero-order valence-corrected chi connectivity index (χ0v) is 9.66. The molecule has 1 fully saturated rings. The van der Waals surface area contributed by atoms with E-state index in [4.69, 9.17) is 4.74 Å². The van der Waals surface area contributed by atoms with E-state index >= 15 is 0 Å². The number of hydrogen-bond acceptors (Lipinski definition) is 3. The van der Waals surface area contributed by atoms with Crippen molar-refractivity contribution in [3.63, 3.8) is 0 Å². The van der Waals surface area contributed by atoms with E-state index in [1.807, 2.05) is 20.8 Å². The van der Waals surface area contributed by atoms with Gasteiger partial charge in [-0.25, -0.2) is 4.79 Å². The van der Waals surface area contributed by atoms with Crippen molar-refractivity contribution in [2.24, 2.45) is 0 Å². The van der Waals surface area contributed by atoms with Crippen LogP contribution >= 0.6 is 0 Å². The van der Waals surface area contributed by atoms with E-state index in [0.29, 0.717) is 13.0 Å². The van der Waals surface area contributed by atoms with E-state index in [1.165, 1.54) is 4.90 Å². The van der Waals surface area contributed by atoms with Crippen molar-refractivity contribution in [1.29, 1.82) is 0 Å². The molecule has 86 valence electrons. The molecule has 1 atom stereocenters. The molecule has 0 spiro atoms. The van der Waals surface area contributed by atoms with Crippen LogP contribution in [-0.4, -0.2) is 42.1 Å². The summed E-state index contributed by atoms with van der Waals surface area (Å²) in [6, 6.07) is 0.0787. The van der Waals surface area contributed by atoms with E-state index in [1.54, 1.807) is 7.05 Å². The lowest BCUT2D eigenvalue weighted by atomic mass is 10.1. The fourth-order valence-electron chi connectivity index (χ4n) is 1.29. The Kier molecular flexibility index (Phi) is 3.21. The molecule has 0 aromatic heterocycles. The molecule has 0 aromatic carbocycles. The van der Waals surface area contributed by atoms with Gasteiger partial charge in [-0.1, -0.05) is 0 Å². The normalized spacial score (nSPS) is 20.3. The van der Waals surface area contributed by atoms with Crippen molar-refractivity contribution >= 4 is 12.0 Å². The standard InChI is InChI=1S/C10H18N2O3/c1-10(2,3)15-9(14)12(4)6-7-5-8(13)11-7/h7H,5-6H2,1-4H3,(H,11,13). The zero-order valence-electron chi connectivity index (χ0n) is 9.66. The summed E-state index contributed by atoms with van der Waals surface area (Å²) in [5.74, 6) is 0.0394. The lowest BCUT2D eigenvalue weighted by Crippen LogP contribution is -2.54. The third-order valence-corrected chi connectivity index (χ3v) is 2.00. The molecule has 1 aliphatic rings. The first-order valence-corrected chi connectivity index (χ1v) is 5.01. The summed E-state index contributed by atoms with van der Waals surface area (Å²) < 4.78 is 5.17. The number of carbonyl (C=O) groups excluding carboxylic acids is 2.